The lowest BCUT2D eigenvalue weighted by Crippen LogP contribution is -2.47. The lowest BCUT2D eigenvalue weighted by molar-refractivity contribution is 0.125. The fraction of sp³-hybridized carbons (Fsp3) is 0.560. The molecule has 1 aromatic heterocycles. The number of nitrogens with zero attached hydrogens (tertiary/aromatic N) is 4. The first-order chi connectivity index (χ1) is 14.6. The van der Waals surface area contributed by atoms with Crippen molar-refractivity contribution in [1.82, 2.24) is 19.7 Å². The van der Waals surface area contributed by atoms with E-state index in [0.717, 1.165) is 50.5 Å². The molecule has 164 valence electrons. The molecular weight excluding hydrogens is 370 g/mol. The van der Waals surface area contributed by atoms with Crippen molar-refractivity contribution in [3.05, 3.63) is 65.0 Å². The Morgan fingerprint density at radius 3 is 2.27 bits per heavy atom. The van der Waals surface area contributed by atoms with Crippen molar-refractivity contribution in [1.29, 1.82) is 0 Å². The van der Waals surface area contributed by atoms with Crippen LogP contribution in [-0.2, 0) is 13.1 Å². The Morgan fingerprint density at radius 2 is 1.60 bits per heavy atom. The van der Waals surface area contributed by atoms with Crippen molar-refractivity contribution in [3.63, 3.8) is 0 Å². The molecule has 0 radical (unpaired) electrons. The second-order valence-electron chi connectivity index (χ2n) is 8.65. The van der Waals surface area contributed by atoms with E-state index in [1.165, 1.54) is 50.3 Å². The molecule has 1 fully saturated rings. The van der Waals surface area contributed by atoms with E-state index in [1.807, 2.05) is 0 Å². The van der Waals surface area contributed by atoms with Crippen LogP contribution in [0.15, 0.2) is 42.5 Å². The highest BCUT2D eigenvalue weighted by Gasteiger charge is 2.16. The highest BCUT2D eigenvalue weighted by Crippen LogP contribution is 2.12. The minimum absolute atomic E-state index is 0.798. The first-order valence-electron chi connectivity index (χ1n) is 11.5. The van der Waals surface area contributed by atoms with E-state index in [1.54, 1.807) is 0 Å². The van der Waals surface area contributed by atoms with Crippen LogP contribution in [0.1, 0.15) is 35.4 Å². The molecule has 0 unspecified atom stereocenters. The molecule has 2 heterocycles. The molecule has 1 aromatic carbocycles. The summed E-state index contributed by atoms with van der Waals surface area (Å²) in [5.41, 5.74) is 10.6. The molecule has 0 spiro atoms. The predicted octanol–water partition coefficient (Wildman–Crippen LogP) is 3.06. The average Bonchev–Trinajstić information content (AvgIpc) is 2.73. The SMILES string of the molecule is Cc1cccc(CN(CCCN2CCN(CCCN)CC2)Cc2cccc(C)n2)c1. The Kier molecular flexibility index (Phi) is 9.27. The zero-order valence-corrected chi connectivity index (χ0v) is 18.9. The van der Waals surface area contributed by atoms with Crippen LogP contribution in [0, 0.1) is 13.8 Å². The topological polar surface area (TPSA) is 48.6 Å². The van der Waals surface area contributed by atoms with Gasteiger partial charge in [0.05, 0.1) is 5.69 Å². The van der Waals surface area contributed by atoms with Crippen LogP contribution in [0.25, 0.3) is 0 Å². The maximum atomic E-state index is 5.65. The van der Waals surface area contributed by atoms with Gasteiger partial charge in [-0.2, -0.15) is 0 Å². The lowest BCUT2D eigenvalue weighted by Gasteiger charge is -2.35. The molecule has 5 heteroatoms. The number of benzene rings is 1. The van der Waals surface area contributed by atoms with Crippen LogP contribution in [-0.4, -0.2) is 72.0 Å². The van der Waals surface area contributed by atoms with Crippen molar-refractivity contribution in [2.45, 2.75) is 39.8 Å². The van der Waals surface area contributed by atoms with Gasteiger partial charge >= 0.3 is 0 Å². The average molecular weight is 410 g/mol. The summed E-state index contributed by atoms with van der Waals surface area (Å²) in [4.78, 5) is 12.5. The number of aryl methyl sites for hydroxylation is 2. The maximum absolute atomic E-state index is 5.65. The summed E-state index contributed by atoms with van der Waals surface area (Å²) >= 11 is 0. The van der Waals surface area contributed by atoms with Crippen molar-refractivity contribution in [2.24, 2.45) is 5.73 Å². The molecule has 0 saturated carbocycles. The van der Waals surface area contributed by atoms with Gasteiger partial charge in [-0.05, 0) is 64.0 Å². The maximum Gasteiger partial charge on any atom is 0.0547 e. The van der Waals surface area contributed by atoms with E-state index in [0.29, 0.717) is 0 Å². The van der Waals surface area contributed by atoms with Gasteiger partial charge in [0, 0.05) is 51.5 Å². The molecule has 0 atom stereocenters. The molecule has 1 aliphatic rings. The van der Waals surface area contributed by atoms with Gasteiger partial charge in [0.25, 0.3) is 0 Å². The molecule has 2 aromatic rings. The number of aromatic nitrogens is 1. The van der Waals surface area contributed by atoms with Crippen LogP contribution < -0.4 is 5.73 Å². The molecular formula is C25H39N5. The van der Waals surface area contributed by atoms with Crippen molar-refractivity contribution >= 4 is 0 Å². The minimum Gasteiger partial charge on any atom is -0.330 e. The number of hydrogen-bond acceptors (Lipinski definition) is 5. The van der Waals surface area contributed by atoms with Gasteiger partial charge in [0.15, 0.2) is 0 Å². The molecule has 0 aliphatic carbocycles. The van der Waals surface area contributed by atoms with Gasteiger partial charge in [-0.25, -0.2) is 0 Å². The first-order valence-corrected chi connectivity index (χ1v) is 11.5. The fourth-order valence-corrected chi connectivity index (χ4v) is 4.27. The molecule has 2 N–H and O–H groups in total. The molecule has 1 saturated heterocycles. The van der Waals surface area contributed by atoms with Gasteiger partial charge in [0.2, 0.25) is 0 Å². The van der Waals surface area contributed by atoms with Crippen LogP contribution in [0.2, 0.25) is 0 Å². The van der Waals surface area contributed by atoms with Gasteiger partial charge in [-0.15, -0.1) is 0 Å². The monoisotopic (exact) mass is 409 g/mol. The Balaban J connectivity index is 1.51. The van der Waals surface area contributed by atoms with Gasteiger partial charge in [0.1, 0.15) is 0 Å². The summed E-state index contributed by atoms with van der Waals surface area (Å²) in [6.45, 7) is 15.1. The number of nitrogens with two attached hydrogens (primary N) is 1. The van der Waals surface area contributed by atoms with Gasteiger partial charge < -0.3 is 15.5 Å². The highest BCUT2D eigenvalue weighted by molar-refractivity contribution is 5.22. The largest absolute Gasteiger partial charge is 0.330 e. The third-order valence-corrected chi connectivity index (χ3v) is 5.91. The number of piperazine rings is 1. The Bertz CT molecular complexity index is 707. The number of pyridine rings is 1. The first kappa shape index (κ1) is 22.9. The van der Waals surface area contributed by atoms with E-state index in [2.05, 4.69) is 71.0 Å². The summed E-state index contributed by atoms with van der Waals surface area (Å²) < 4.78 is 0. The van der Waals surface area contributed by atoms with E-state index < -0.39 is 0 Å². The summed E-state index contributed by atoms with van der Waals surface area (Å²) in [6.07, 6.45) is 2.31. The quantitative estimate of drug-likeness (QED) is 0.618. The normalized spacial score (nSPS) is 15.7. The summed E-state index contributed by atoms with van der Waals surface area (Å²) in [5.74, 6) is 0. The Labute approximate surface area is 182 Å². The molecule has 5 nitrogen and oxygen atoms in total. The van der Waals surface area contributed by atoms with Crippen LogP contribution in [0.3, 0.4) is 0 Å². The zero-order valence-electron chi connectivity index (χ0n) is 18.9. The summed E-state index contributed by atoms with van der Waals surface area (Å²) in [5, 5.41) is 0. The fourth-order valence-electron chi connectivity index (χ4n) is 4.27. The molecule has 3 rings (SSSR count). The second kappa shape index (κ2) is 12.2. The van der Waals surface area contributed by atoms with Crippen molar-refractivity contribution in [3.8, 4) is 0 Å². The van der Waals surface area contributed by atoms with Crippen LogP contribution in [0.4, 0.5) is 0 Å². The van der Waals surface area contributed by atoms with Crippen LogP contribution >= 0.6 is 0 Å². The number of hydrogen-bond donors (Lipinski definition) is 1. The number of rotatable bonds is 11. The molecule has 1 aliphatic heterocycles. The zero-order chi connectivity index (χ0) is 21.2. The Morgan fingerprint density at radius 1 is 0.900 bits per heavy atom. The van der Waals surface area contributed by atoms with E-state index in [9.17, 15) is 0 Å². The van der Waals surface area contributed by atoms with E-state index >= 15 is 0 Å². The second-order valence-corrected chi connectivity index (χ2v) is 8.65. The van der Waals surface area contributed by atoms with E-state index in [-0.39, 0.29) is 0 Å². The molecule has 30 heavy (non-hydrogen) atoms. The third kappa shape index (κ3) is 7.80. The van der Waals surface area contributed by atoms with E-state index in [4.69, 9.17) is 10.7 Å². The minimum atomic E-state index is 0.798. The highest BCUT2D eigenvalue weighted by atomic mass is 15.3. The third-order valence-electron chi connectivity index (χ3n) is 5.91. The smallest absolute Gasteiger partial charge is 0.0547 e. The van der Waals surface area contributed by atoms with Crippen molar-refractivity contribution < 1.29 is 0 Å². The van der Waals surface area contributed by atoms with Crippen molar-refractivity contribution in [2.75, 3.05) is 52.4 Å². The predicted molar refractivity (Wildman–Crippen MR) is 125 cm³/mol. The Hall–Kier alpha value is -1.79. The van der Waals surface area contributed by atoms with Gasteiger partial charge in [-0.1, -0.05) is 35.9 Å². The molecule has 0 amide bonds. The lowest BCUT2D eigenvalue weighted by atomic mass is 10.1. The standard InChI is InChI=1S/C25H39N5/c1-22-7-3-9-24(19-22)20-30(21-25-10-4-8-23(2)27-25)14-6-13-29-17-15-28(16-18-29)12-5-11-26/h3-4,7-10,19H,5-6,11-18,20-21,26H2,1-2H3. The summed E-state index contributed by atoms with van der Waals surface area (Å²) in [6, 6.07) is 15.2. The van der Waals surface area contributed by atoms with Crippen LogP contribution in [0.5, 0.6) is 0 Å². The van der Waals surface area contributed by atoms with Gasteiger partial charge in [-0.3, -0.25) is 9.88 Å². The summed E-state index contributed by atoms with van der Waals surface area (Å²) in [7, 11) is 0. The molecule has 0 bridgehead atoms.